The number of Topliss-reactive ketones (excluding diaryl/α,β-unsaturated/α-hetero) is 1. The zero-order chi connectivity index (χ0) is 28.5. The van der Waals surface area contributed by atoms with Crippen LogP contribution < -0.4 is 10.2 Å². The summed E-state index contributed by atoms with van der Waals surface area (Å²) in [5.74, 6) is 0.200. The van der Waals surface area contributed by atoms with E-state index in [9.17, 15) is 14.4 Å². The number of nitrogens with one attached hydrogen (secondary N) is 1. The fraction of sp³-hybridized carbons (Fsp3) is 0.452. The first-order valence-electron chi connectivity index (χ1n) is 14.5. The number of nitrogens with zero attached hydrogens (tertiary/aromatic N) is 4. The van der Waals surface area contributed by atoms with Crippen molar-refractivity contribution in [1.82, 2.24) is 24.7 Å². The second-order valence-corrected chi connectivity index (χ2v) is 11.4. The molecule has 6 rings (SSSR count). The maximum atomic E-state index is 13.7. The number of likely N-dealkylation sites (N-methyl/N-ethyl adjacent to an activating group) is 1. The summed E-state index contributed by atoms with van der Waals surface area (Å²) in [4.78, 5) is 44.1. The Kier molecular flexibility index (Phi) is 7.79. The van der Waals surface area contributed by atoms with E-state index in [0.29, 0.717) is 31.7 Å². The Morgan fingerprint density at radius 2 is 1.80 bits per heavy atom. The molecule has 3 aliphatic heterocycles. The van der Waals surface area contributed by atoms with Crippen molar-refractivity contribution >= 4 is 28.5 Å². The number of hydroxylamine groups is 1. The molecule has 10 heteroatoms. The van der Waals surface area contributed by atoms with E-state index in [1.54, 1.807) is 29.6 Å². The van der Waals surface area contributed by atoms with Gasteiger partial charge in [-0.15, -0.1) is 0 Å². The minimum absolute atomic E-state index is 0.0456. The molecule has 2 saturated heterocycles. The molecule has 216 valence electrons. The average Bonchev–Trinajstić information content (AvgIpc) is 3.23. The van der Waals surface area contributed by atoms with Crippen molar-refractivity contribution in [2.45, 2.75) is 38.3 Å². The molecule has 2 fully saturated rings. The lowest BCUT2D eigenvalue weighted by Gasteiger charge is -2.34. The molecule has 0 saturated carbocycles. The van der Waals surface area contributed by atoms with Crippen molar-refractivity contribution in [3.63, 3.8) is 0 Å². The third-order valence-corrected chi connectivity index (χ3v) is 8.65. The Morgan fingerprint density at radius 3 is 2.56 bits per heavy atom. The van der Waals surface area contributed by atoms with Crippen LogP contribution in [0.1, 0.15) is 52.5 Å². The van der Waals surface area contributed by atoms with Crippen LogP contribution in [-0.4, -0.2) is 95.0 Å². The molecule has 3 aromatic rings. The topological polar surface area (TPSA) is 107 Å². The van der Waals surface area contributed by atoms with Gasteiger partial charge >= 0.3 is 0 Å². The summed E-state index contributed by atoms with van der Waals surface area (Å²) in [6.07, 6.45) is 4.49. The van der Waals surface area contributed by atoms with Gasteiger partial charge in [-0.25, -0.2) is 5.48 Å². The van der Waals surface area contributed by atoms with Crippen LogP contribution in [0.3, 0.4) is 0 Å². The van der Waals surface area contributed by atoms with Gasteiger partial charge in [-0.1, -0.05) is 18.6 Å². The normalized spacial score (nSPS) is 20.0. The number of rotatable bonds is 7. The van der Waals surface area contributed by atoms with Gasteiger partial charge in [0.25, 0.3) is 5.91 Å². The zero-order valence-corrected chi connectivity index (χ0v) is 23.5. The van der Waals surface area contributed by atoms with E-state index in [4.69, 9.17) is 9.94 Å². The molecule has 0 radical (unpaired) electrons. The predicted octanol–water partition coefficient (Wildman–Crippen LogP) is 2.61. The molecule has 10 nitrogen and oxygen atoms in total. The van der Waals surface area contributed by atoms with Crippen LogP contribution in [-0.2, 0) is 22.6 Å². The number of piperidine rings is 1. The number of carbonyl (C=O) groups excluding carboxylic acids is 3. The number of likely N-dealkylation sites (tertiary alicyclic amines) is 1. The fourth-order valence-corrected chi connectivity index (χ4v) is 6.58. The Hall–Kier alpha value is -3.73. The molecule has 41 heavy (non-hydrogen) atoms. The van der Waals surface area contributed by atoms with Crippen molar-refractivity contribution in [2.24, 2.45) is 0 Å². The number of ether oxygens (including phenoxy) is 1. The van der Waals surface area contributed by atoms with Crippen LogP contribution in [0.15, 0.2) is 42.5 Å². The molecule has 4 heterocycles. The summed E-state index contributed by atoms with van der Waals surface area (Å²) in [5.41, 5.74) is 6.07. The van der Waals surface area contributed by atoms with Crippen molar-refractivity contribution in [3.8, 4) is 5.75 Å². The van der Waals surface area contributed by atoms with E-state index in [0.717, 1.165) is 53.1 Å². The van der Waals surface area contributed by atoms with Gasteiger partial charge in [-0.3, -0.25) is 29.4 Å². The van der Waals surface area contributed by atoms with Gasteiger partial charge in [0.2, 0.25) is 5.91 Å². The van der Waals surface area contributed by atoms with Gasteiger partial charge in [0.05, 0.1) is 13.1 Å². The molecular weight excluding hydrogens is 522 g/mol. The molecule has 1 aromatic heterocycles. The zero-order valence-electron chi connectivity index (χ0n) is 23.5. The van der Waals surface area contributed by atoms with E-state index in [1.807, 2.05) is 23.1 Å². The Bertz CT molecular complexity index is 1460. The quantitative estimate of drug-likeness (QED) is 0.339. The number of hydrogen-bond donors (Lipinski definition) is 2. The standard InChI is InChI=1S/C31H37N5O5/c1-33-19-23(37)20-35-14-11-27-28(29(35)31(33)39)25-17-24(41-16-15-34-12-3-2-4-13-34)9-10-26(25)36(27)18-21-5-7-22(8-6-21)30(38)32-40/h5-10,17,29,40H,2-4,11-16,18-20H2,1H3,(H,32,38). The number of benzene rings is 2. The van der Waals surface area contributed by atoms with Crippen molar-refractivity contribution in [2.75, 3.05) is 52.9 Å². The predicted molar refractivity (Wildman–Crippen MR) is 153 cm³/mol. The molecule has 2 amide bonds. The molecule has 2 N–H and O–H groups in total. The molecule has 1 unspecified atom stereocenters. The summed E-state index contributed by atoms with van der Waals surface area (Å²) < 4.78 is 8.49. The van der Waals surface area contributed by atoms with Crippen LogP contribution in [0.25, 0.3) is 10.9 Å². The molecule has 2 aromatic carbocycles. The lowest BCUT2D eigenvalue weighted by atomic mass is 9.94. The van der Waals surface area contributed by atoms with Gasteiger partial charge in [0.1, 0.15) is 18.4 Å². The van der Waals surface area contributed by atoms with Crippen molar-refractivity contribution in [1.29, 1.82) is 0 Å². The first-order chi connectivity index (χ1) is 19.9. The highest BCUT2D eigenvalue weighted by Crippen LogP contribution is 2.41. The molecule has 0 bridgehead atoms. The van der Waals surface area contributed by atoms with E-state index in [2.05, 4.69) is 21.6 Å². The SMILES string of the molecule is CN1CC(=O)CN2CCc3c(c4cc(OCCN5CCCCC5)ccc4n3Cc3ccc(C(=O)NO)cc3)C2C1=O. The van der Waals surface area contributed by atoms with Gasteiger partial charge in [0, 0.05) is 60.8 Å². The van der Waals surface area contributed by atoms with Crippen LogP contribution in [0.2, 0.25) is 0 Å². The van der Waals surface area contributed by atoms with Crippen LogP contribution in [0.5, 0.6) is 5.75 Å². The first-order valence-corrected chi connectivity index (χ1v) is 14.5. The van der Waals surface area contributed by atoms with Gasteiger partial charge in [-0.2, -0.15) is 0 Å². The maximum Gasteiger partial charge on any atom is 0.274 e. The van der Waals surface area contributed by atoms with Crippen molar-refractivity contribution < 1.29 is 24.3 Å². The molecule has 0 aliphatic carbocycles. The van der Waals surface area contributed by atoms with E-state index < -0.39 is 11.9 Å². The van der Waals surface area contributed by atoms with Crippen LogP contribution >= 0.6 is 0 Å². The smallest absolute Gasteiger partial charge is 0.274 e. The summed E-state index contributed by atoms with van der Waals surface area (Å²) in [5, 5.41) is 9.93. The van der Waals surface area contributed by atoms with Crippen LogP contribution in [0.4, 0.5) is 0 Å². The number of fused-ring (bicyclic) bond motifs is 5. The summed E-state index contributed by atoms with van der Waals surface area (Å²) >= 11 is 0. The summed E-state index contributed by atoms with van der Waals surface area (Å²) in [6, 6.07) is 12.7. The lowest BCUT2D eigenvalue weighted by molar-refractivity contribution is -0.135. The summed E-state index contributed by atoms with van der Waals surface area (Å²) in [7, 11) is 1.70. The van der Waals surface area contributed by atoms with Gasteiger partial charge < -0.3 is 14.2 Å². The minimum atomic E-state index is -0.557. The Labute approximate surface area is 239 Å². The number of ketones is 1. The molecule has 0 spiro atoms. The van der Waals surface area contributed by atoms with E-state index >= 15 is 0 Å². The highest BCUT2D eigenvalue weighted by molar-refractivity contribution is 5.98. The summed E-state index contributed by atoms with van der Waals surface area (Å²) in [6.45, 7) is 5.29. The molecule has 1 atom stereocenters. The van der Waals surface area contributed by atoms with Gasteiger partial charge in [-0.05, 0) is 61.8 Å². The monoisotopic (exact) mass is 559 g/mol. The fourth-order valence-electron chi connectivity index (χ4n) is 6.58. The lowest BCUT2D eigenvalue weighted by Crippen LogP contribution is -2.42. The number of amides is 2. The Balaban J connectivity index is 1.37. The molecular formula is C31H37N5O5. The highest BCUT2D eigenvalue weighted by atomic mass is 16.5. The average molecular weight is 560 g/mol. The third kappa shape index (κ3) is 5.47. The number of hydrogen-bond acceptors (Lipinski definition) is 7. The Morgan fingerprint density at radius 1 is 1.02 bits per heavy atom. The number of aromatic nitrogens is 1. The maximum absolute atomic E-state index is 13.7. The van der Waals surface area contributed by atoms with Crippen LogP contribution in [0, 0.1) is 0 Å². The van der Waals surface area contributed by atoms with E-state index in [1.165, 1.54) is 19.3 Å². The van der Waals surface area contributed by atoms with Gasteiger partial charge in [0.15, 0.2) is 5.78 Å². The largest absolute Gasteiger partial charge is 0.492 e. The highest BCUT2D eigenvalue weighted by Gasteiger charge is 2.41. The van der Waals surface area contributed by atoms with Crippen molar-refractivity contribution in [3.05, 3.63) is 64.8 Å². The number of carbonyl (C=O) groups is 3. The second-order valence-electron chi connectivity index (χ2n) is 11.4. The van der Waals surface area contributed by atoms with E-state index in [-0.39, 0.29) is 24.8 Å². The third-order valence-electron chi connectivity index (χ3n) is 8.65. The second kappa shape index (κ2) is 11.6. The minimum Gasteiger partial charge on any atom is -0.492 e. The first kappa shape index (κ1) is 27.4. The molecule has 3 aliphatic rings.